The average Bonchev–Trinajstić information content (AvgIpc) is 2.10. The highest BCUT2D eigenvalue weighted by Gasteiger charge is 1.82. The van der Waals surface area contributed by atoms with Crippen LogP contribution in [0.4, 0.5) is 0 Å². The van der Waals surface area contributed by atoms with E-state index in [1.165, 1.54) is 6.33 Å². The van der Waals surface area contributed by atoms with Gasteiger partial charge in [-0.1, -0.05) is 13.8 Å². The summed E-state index contributed by atoms with van der Waals surface area (Å²) in [6.45, 7) is 4.00. The van der Waals surface area contributed by atoms with E-state index in [-0.39, 0.29) is 0 Å². The Morgan fingerprint density at radius 2 is 1.70 bits per heavy atom. The van der Waals surface area contributed by atoms with Crippen LogP contribution in [-0.4, -0.2) is 17.1 Å². The second kappa shape index (κ2) is 6.01. The normalized spacial score (nSPS) is 7.50. The molecule has 0 saturated carbocycles. The van der Waals surface area contributed by atoms with Crippen molar-refractivity contribution >= 4 is 0 Å². The first-order chi connectivity index (χ1) is 4.93. The van der Waals surface area contributed by atoms with Crippen molar-refractivity contribution in [3.05, 3.63) is 18.7 Å². The molecule has 0 fully saturated rings. The maximum Gasteiger partial charge on any atom is 0.155 e. The molecule has 0 atom stereocenters. The van der Waals surface area contributed by atoms with E-state index in [1.807, 2.05) is 13.8 Å². The molecule has 0 aliphatic rings. The Bertz CT molecular complexity index is 153. The molecule has 0 unspecified atom stereocenters. The molecule has 1 aromatic rings. The molecule has 0 bridgehead atoms. The van der Waals surface area contributed by atoms with Crippen LogP contribution in [0.15, 0.2) is 18.7 Å². The largest absolute Gasteiger partial charge is 0.494 e. The highest BCUT2D eigenvalue weighted by Crippen LogP contribution is 2.00. The summed E-state index contributed by atoms with van der Waals surface area (Å²) in [6, 6.07) is 0. The van der Waals surface area contributed by atoms with Crippen molar-refractivity contribution in [2.75, 3.05) is 7.11 Å². The molecular formula is C7H12N2O. The Balaban J connectivity index is 0.000000371. The number of rotatable bonds is 1. The summed E-state index contributed by atoms with van der Waals surface area (Å²) in [5.74, 6) is 0.688. The lowest BCUT2D eigenvalue weighted by molar-refractivity contribution is 0.410. The molecule has 0 aliphatic heterocycles. The molecule has 0 saturated heterocycles. The summed E-state index contributed by atoms with van der Waals surface area (Å²) < 4.78 is 4.79. The highest BCUT2D eigenvalue weighted by atomic mass is 16.5. The Labute approximate surface area is 61.1 Å². The minimum Gasteiger partial charge on any atom is -0.494 e. The molecule has 0 aliphatic carbocycles. The number of methoxy groups -OCH3 is 1. The van der Waals surface area contributed by atoms with Crippen LogP contribution >= 0.6 is 0 Å². The number of nitrogens with zero attached hydrogens (tertiary/aromatic N) is 2. The Morgan fingerprint density at radius 1 is 1.20 bits per heavy atom. The van der Waals surface area contributed by atoms with Crippen LogP contribution in [-0.2, 0) is 0 Å². The molecule has 10 heavy (non-hydrogen) atoms. The first-order valence-electron chi connectivity index (χ1n) is 3.22. The second-order valence-electron chi connectivity index (χ2n) is 1.28. The predicted molar refractivity (Wildman–Crippen MR) is 39.9 cm³/mol. The zero-order valence-electron chi connectivity index (χ0n) is 6.53. The third-order valence-corrected chi connectivity index (χ3v) is 0.773. The van der Waals surface area contributed by atoms with E-state index in [2.05, 4.69) is 9.97 Å². The minimum absolute atomic E-state index is 0.688. The van der Waals surface area contributed by atoms with Gasteiger partial charge in [0.1, 0.15) is 6.33 Å². The van der Waals surface area contributed by atoms with Gasteiger partial charge in [0.2, 0.25) is 0 Å². The molecule has 3 nitrogen and oxygen atoms in total. The molecule has 1 rings (SSSR count). The van der Waals surface area contributed by atoms with Crippen LogP contribution in [0.1, 0.15) is 13.8 Å². The standard InChI is InChI=1S/C5H6N2O.C2H6/c1-8-5-2-6-4-7-3-5;1-2/h2-4H,1H3;1-2H3. The third kappa shape index (κ3) is 3.02. The van der Waals surface area contributed by atoms with Crippen LogP contribution in [0.5, 0.6) is 5.75 Å². The van der Waals surface area contributed by atoms with E-state index in [0.29, 0.717) is 5.75 Å². The van der Waals surface area contributed by atoms with Crippen LogP contribution < -0.4 is 4.74 Å². The summed E-state index contributed by atoms with van der Waals surface area (Å²) in [5.41, 5.74) is 0. The molecule has 0 spiro atoms. The maximum absolute atomic E-state index is 4.79. The fraction of sp³-hybridized carbons (Fsp3) is 0.429. The van der Waals surface area contributed by atoms with Gasteiger partial charge in [-0.05, 0) is 0 Å². The highest BCUT2D eigenvalue weighted by molar-refractivity contribution is 5.08. The van der Waals surface area contributed by atoms with Crippen molar-refractivity contribution in [1.82, 2.24) is 9.97 Å². The fourth-order valence-corrected chi connectivity index (χ4v) is 0.391. The first kappa shape index (κ1) is 8.88. The van der Waals surface area contributed by atoms with Gasteiger partial charge in [-0.25, -0.2) is 9.97 Å². The molecule has 0 amide bonds. The molecule has 3 heteroatoms. The summed E-state index contributed by atoms with van der Waals surface area (Å²) in [7, 11) is 1.58. The van der Waals surface area contributed by atoms with E-state index in [9.17, 15) is 0 Å². The predicted octanol–water partition coefficient (Wildman–Crippen LogP) is 1.51. The van der Waals surface area contributed by atoms with Gasteiger partial charge in [0.15, 0.2) is 5.75 Å². The lowest BCUT2D eigenvalue weighted by Crippen LogP contribution is -1.83. The number of aromatic nitrogens is 2. The van der Waals surface area contributed by atoms with Crippen molar-refractivity contribution < 1.29 is 4.74 Å². The fourth-order valence-electron chi connectivity index (χ4n) is 0.391. The number of ether oxygens (including phenoxy) is 1. The maximum atomic E-state index is 4.79. The van der Waals surface area contributed by atoms with Gasteiger partial charge < -0.3 is 4.74 Å². The van der Waals surface area contributed by atoms with Gasteiger partial charge in [-0.3, -0.25) is 0 Å². The van der Waals surface area contributed by atoms with Crippen molar-refractivity contribution in [3.8, 4) is 5.75 Å². The topological polar surface area (TPSA) is 35.0 Å². The van der Waals surface area contributed by atoms with Crippen LogP contribution in [0.25, 0.3) is 0 Å². The molecule has 0 N–H and O–H groups in total. The summed E-state index contributed by atoms with van der Waals surface area (Å²) in [6.07, 6.45) is 4.67. The number of hydrogen-bond acceptors (Lipinski definition) is 3. The summed E-state index contributed by atoms with van der Waals surface area (Å²) in [5, 5.41) is 0. The minimum atomic E-state index is 0.688. The van der Waals surface area contributed by atoms with Gasteiger partial charge >= 0.3 is 0 Å². The van der Waals surface area contributed by atoms with Gasteiger partial charge in [-0.2, -0.15) is 0 Å². The molecular weight excluding hydrogens is 128 g/mol. The van der Waals surface area contributed by atoms with Crippen molar-refractivity contribution in [3.63, 3.8) is 0 Å². The van der Waals surface area contributed by atoms with Crippen LogP contribution in [0.3, 0.4) is 0 Å². The van der Waals surface area contributed by atoms with Crippen molar-refractivity contribution in [2.24, 2.45) is 0 Å². The molecule has 0 aromatic carbocycles. The van der Waals surface area contributed by atoms with Gasteiger partial charge in [0, 0.05) is 0 Å². The lowest BCUT2D eigenvalue weighted by Gasteiger charge is -1.92. The smallest absolute Gasteiger partial charge is 0.155 e. The van der Waals surface area contributed by atoms with Crippen LogP contribution in [0, 0.1) is 0 Å². The van der Waals surface area contributed by atoms with Gasteiger partial charge in [-0.15, -0.1) is 0 Å². The monoisotopic (exact) mass is 140 g/mol. The van der Waals surface area contributed by atoms with Gasteiger partial charge in [0.25, 0.3) is 0 Å². The lowest BCUT2D eigenvalue weighted by atomic mass is 10.6. The average molecular weight is 140 g/mol. The quantitative estimate of drug-likeness (QED) is 0.593. The van der Waals surface area contributed by atoms with Crippen molar-refractivity contribution in [2.45, 2.75) is 13.8 Å². The zero-order valence-corrected chi connectivity index (χ0v) is 6.53. The second-order valence-corrected chi connectivity index (χ2v) is 1.28. The third-order valence-electron chi connectivity index (χ3n) is 0.773. The van der Waals surface area contributed by atoms with E-state index < -0.39 is 0 Å². The Hall–Kier alpha value is -1.12. The first-order valence-corrected chi connectivity index (χ1v) is 3.22. The number of hydrogen-bond donors (Lipinski definition) is 0. The van der Waals surface area contributed by atoms with E-state index >= 15 is 0 Å². The van der Waals surface area contributed by atoms with E-state index in [1.54, 1.807) is 19.5 Å². The summed E-state index contributed by atoms with van der Waals surface area (Å²) in [4.78, 5) is 7.44. The molecule has 56 valence electrons. The summed E-state index contributed by atoms with van der Waals surface area (Å²) >= 11 is 0. The molecule has 0 radical (unpaired) electrons. The van der Waals surface area contributed by atoms with E-state index in [4.69, 9.17) is 4.74 Å². The molecule has 1 aromatic heterocycles. The molecule has 1 heterocycles. The Morgan fingerprint density at radius 3 is 2.00 bits per heavy atom. The SMILES string of the molecule is CC.COc1cncnc1. The van der Waals surface area contributed by atoms with Gasteiger partial charge in [0.05, 0.1) is 19.5 Å². The van der Waals surface area contributed by atoms with Crippen LogP contribution in [0.2, 0.25) is 0 Å². The van der Waals surface area contributed by atoms with Crippen molar-refractivity contribution in [1.29, 1.82) is 0 Å². The Kier molecular flexibility index (Phi) is 5.33. The zero-order chi connectivity index (χ0) is 7.82. The van der Waals surface area contributed by atoms with E-state index in [0.717, 1.165) is 0 Å².